The molecule has 1 aliphatic rings. The summed E-state index contributed by atoms with van der Waals surface area (Å²) in [4.78, 5) is 11.8. The Bertz CT molecular complexity index is 302. The molecule has 0 spiro atoms. The van der Waals surface area contributed by atoms with Gasteiger partial charge >= 0.3 is 6.09 Å². The van der Waals surface area contributed by atoms with Crippen molar-refractivity contribution in [1.29, 1.82) is 0 Å². The van der Waals surface area contributed by atoms with Crippen LogP contribution >= 0.6 is 0 Å². The summed E-state index contributed by atoms with van der Waals surface area (Å²) >= 11 is 0. The van der Waals surface area contributed by atoms with Crippen molar-refractivity contribution in [2.45, 2.75) is 77.1 Å². The van der Waals surface area contributed by atoms with Crippen LogP contribution in [0.5, 0.6) is 0 Å². The molecule has 0 radical (unpaired) electrons. The molecule has 118 valence electrons. The van der Waals surface area contributed by atoms with Crippen molar-refractivity contribution in [2.75, 3.05) is 13.7 Å². The highest BCUT2D eigenvalue weighted by Gasteiger charge is 2.30. The minimum atomic E-state index is -0.447. The minimum absolute atomic E-state index is 0.162. The predicted molar refractivity (Wildman–Crippen MR) is 79.9 cm³/mol. The van der Waals surface area contributed by atoms with Crippen molar-refractivity contribution in [1.82, 2.24) is 10.6 Å². The van der Waals surface area contributed by atoms with Crippen LogP contribution in [0, 0.1) is 0 Å². The maximum atomic E-state index is 11.8. The number of amides is 1. The molecule has 5 heteroatoms. The highest BCUT2D eigenvalue weighted by atomic mass is 16.6. The van der Waals surface area contributed by atoms with Crippen molar-refractivity contribution in [2.24, 2.45) is 0 Å². The monoisotopic (exact) mass is 286 g/mol. The molecule has 2 N–H and O–H groups in total. The van der Waals surface area contributed by atoms with Gasteiger partial charge in [-0.05, 0) is 53.4 Å². The third kappa shape index (κ3) is 6.57. The van der Waals surface area contributed by atoms with Gasteiger partial charge in [-0.1, -0.05) is 0 Å². The lowest BCUT2D eigenvalue weighted by molar-refractivity contribution is 0.0496. The van der Waals surface area contributed by atoms with E-state index in [1.165, 1.54) is 0 Å². The molecule has 0 bridgehead atoms. The normalized spacial score (nSPS) is 24.4. The van der Waals surface area contributed by atoms with Gasteiger partial charge in [0.1, 0.15) is 5.60 Å². The summed E-state index contributed by atoms with van der Waals surface area (Å²) in [5.74, 6) is 0. The molecule has 0 saturated heterocycles. The van der Waals surface area contributed by atoms with Crippen LogP contribution in [0.4, 0.5) is 4.79 Å². The van der Waals surface area contributed by atoms with Crippen molar-refractivity contribution >= 4 is 6.09 Å². The van der Waals surface area contributed by atoms with Crippen LogP contribution < -0.4 is 10.6 Å². The maximum Gasteiger partial charge on any atom is 0.407 e. The van der Waals surface area contributed by atoms with E-state index in [9.17, 15) is 4.79 Å². The van der Waals surface area contributed by atoms with E-state index in [4.69, 9.17) is 9.47 Å². The highest BCUT2D eigenvalue weighted by Crippen LogP contribution is 2.20. The molecule has 1 rings (SSSR count). The molecule has 1 fully saturated rings. The molecule has 0 aromatic carbocycles. The van der Waals surface area contributed by atoms with Gasteiger partial charge in [-0.2, -0.15) is 0 Å². The standard InChI is InChI=1S/C15H30N2O3/c1-11(9-10-19-5)16-12-7-6-8-13(12)17-14(18)20-15(2,3)4/h11-13,16H,6-10H2,1-5H3,(H,17,18). The summed E-state index contributed by atoms with van der Waals surface area (Å²) in [6.45, 7) is 8.55. The number of ether oxygens (including phenoxy) is 2. The first-order valence-electron chi connectivity index (χ1n) is 7.56. The molecule has 3 atom stereocenters. The SMILES string of the molecule is COCCC(C)NC1CCCC1NC(=O)OC(C)(C)C. The van der Waals surface area contributed by atoms with Gasteiger partial charge < -0.3 is 20.1 Å². The number of hydrogen-bond donors (Lipinski definition) is 2. The smallest absolute Gasteiger partial charge is 0.407 e. The van der Waals surface area contributed by atoms with Crippen molar-refractivity contribution in [3.63, 3.8) is 0 Å². The molecule has 3 unspecified atom stereocenters. The van der Waals surface area contributed by atoms with Crippen molar-refractivity contribution in [3.8, 4) is 0 Å². The van der Waals surface area contributed by atoms with E-state index in [1.807, 2.05) is 20.8 Å². The molecule has 5 nitrogen and oxygen atoms in total. The Labute approximate surface area is 122 Å². The van der Waals surface area contributed by atoms with E-state index in [1.54, 1.807) is 7.11 Å². The van der Waals surface area contributed by atoms with Gasteiger partial charge in [0.2, 0.25) is 0 Å². The number of methoxy groups -OCH3 is 1. The van der Waals surface area contributed by atoms with Crippen molar-refractivity contribution < 1.29 is 14.3 Å². The molecule has 20 heavy (non-hydrogen) atoms. The van der Waals surface area contributed by atoms with E-state index >= 15 is 0 Å². The van der Waals surface area contributed by atoms with Gasteiger partial charge in [-0.15, -0.1) is 0 Å². The average Bonchev–Trinajstić information content (AvgIpc) is 2.71. The van der Waals surface area contributed by atoms with Gasteiger partial charge in [0, 0.05) is 31.8 Å². The van der Waals surface area contributed by atoms with Crippen LogP contribution in [0.3, 0.4) is 0 Å². The second-order valence-corrected chi connectivity index (χ2v) is 6.64. The third-order valence-corrected chi connectivity index (χ3v) is 3.47. The molecule has 0 aromatic heterocycles. The molecule has 1 aliphatic carbocycles. The largest absolute Gasteiger partial charge is 0.444 e. The van der Waals surface area contributed by atoms with E-state index in [-0.39, 0.29) is 12.1 Å². The molecule has 0 aliphatic heterocycles. The number of nitrogens with one attached hydrogen (secondary N) is 2. The fourth-order valence-corrected chi connectivity index (χ4v) is 2.53. The van der Waals surface area contributed by atoms with Crippen molar-refractivity contribution in [3.05, 3.63) is 0 Å². The Morgan fingerprint density at radius 2 is 1.95 bits per heavy atom. The summed E-state index contributed by atoms with van der Waals surface area (Å²) in [5, 5.41) is 6.57. The summed E-state index contributed by atoms with van der Waals surface area (Å²) in [6, 6.07) is 0.880. The summed E-state index contributed by atoms with van der Waals surface area (Å²) in [7, 11) is 1.72. The summed E-state index contributed by atoms with van der Waals surface area (Å²) in [6.07, 6.45) is 3.90. The van der Waals surface area contributed by atoms with Gasteiger partial charge in [0.25, 0.3) is 0 Å². The zero-order valence-electron chi connectivity index (χ0n) is 13.5. The third-order valence-electron chi connectivity index (χ3n) is 3.47. The van der Waals surface area contributed by atoms with Gasteiger partial charge in [0.05, 0.1) is 0 Å². The quantitative estimate of drug-likeness (QED) is 0.787. The lowest BCUT2D eigenvalue weighted by Gasteiger charge is -2.27. The molecule has 1 saturated carbocycles. The van der Waals surface area contributed by atoms with Gasteiger partial charge in [-0.3, -0.25) is 0 Å². The van der Waals surface area contributed by atoms with E-state index in [2.05, 4.69) is 17.6 Å². The lowest BCUT2D eigenvalue weighted by atomic mass is 10.1. The van der Waals surface area contributed by atoms with E-state index in [0.29, 0.717) is 12.1 Å². The Hall–Kier alpha value is -0.810. The van der Waals surface area contributed by atoms with Gasteiger partial charge in [-0.25, -0.2) is 4.79 Å². The van der Waals surface area contributed by atoms with Crippen LogP contribution in [0.15, 0.2) is 0 Å². The maximum absolute atomic E-state index is 11.8. The zero-order valence-corrected chi connectivity index (χ0v) is 13.5. The Kier molecular flexibility index (Phi) is 6.76. The minimum Gasteiger partial charge on any atom is -0.444 e. The number of alkyl carbamates (subject to hydrolysis) is 1. The molecule has 0 aromatic rings. The zero-order chi connectivity index (χ0) is 15.2. The summed E-state index contributed by atoms with van der Waals surface area (Å²) < 4.78 is 10.4. The second-order valence-electron chi connectivity index (χ2n) is 6.64. The summed E-state index contributed by atoms with van der Waals surface area (Å²) in [5.41, 5.74) is -0.447. The average molecular weight is 286 g/mol. The highest BCUT2D eigenvalue weighted by molar-refractivity contribution is 5.68. The first kappa shape index (κ1) is 17.2. The Morgan fingerprint density at radius 3 is 2.55 bits per heavy atom. The molecular formula is C15H30N2O3. The second kappa shape index (κ2) is 7.84. The fraction of sp³-hybridized carbons (Fsp3) is 0.933. The molecule has 0 heterocycles. The molecular weight excluding hydrogens is 256 g/mol. The Morgan fingerprint density at radius 1 is 1.30 bits per heavy atom. The van der Waals surface area contributed by atoms with E-state index in [0.717, 1.165) is 32.3 Å². The van der Waals surface area contributed by atoms with Crippen LogP contribution in [-0.4, -0.2) is 43.5 Å². The number of carbonyl (C=O) groups excluding carboxylic acids is 1. The topological polar surface area (TPSA) is 59.6 Å². The first-order chi connectivity index (χ1) is 9.31. The lowest BCUT2D eigenvalue weighted by Crippen LogP contribution is -2.50. The van der Waals surface area contributed by atoms with E-state index < -0.39 is 5.60 Å². The number of carbonyl (C=O) groups is 1. The van der Waals surface area contributed by atoms with Crippen LogP contribution in [0.1, 0.15) is 53.4 Å². The first-order valence-corrected chi connectivity index (χ1v) is 7.56. The number of rotatable bonds is 6. The molecule has 1 amide bonds. The van der Waals surface area contributed by atoms with Crippen LogP contribution in [0.25, 0.3) is 0 Å². The van der Waals surface area contributed by atoms with Gasteiger partial charge in [0.15, 0.2) is 0 Å². The van der Waals surface area contributed by atoms with Crippen LogP contribution in [-0.2, 0) is 9.47 Å². The number of hydrogen-bond acceptors (Lipinski definition) is 4. The van der Waals surface area contributed by atoms with Crippen LogP contribution in [0.2, 0.25) is 0 Å². The Balaban J connectivity index is 2.39. The fourth-order valence-electron chi connectivity index (χ4n) is 2.53. The predicted octanol–water partition coefficient (Wildman–Crippen LogP) is 2.45.